The molecule has 5 nitrogen and oxygen atoms in total. The Balaban J connectivity index is 1.65. The van der Waals surface area contributed by atoms with E-state index in [1.54, 1.807) is 22.7 Å². The van der Waals surface area contributed by atoms with Gasteiger partial charge in [0.2, 0.25) is 5.91 Å². The van der Waals surface area contributed by atoms with Crippen LogP contribution in [0.15, 0.2) is 24.3 Å². The van der Waals surface area contributed by atoms with Crippen LogP contribution in [0, 0.1) is 0 Å². The molecule has 1 amide bonds. The third kappa shape index (κ3) is 4.59. The van der Waals surface area contributed by atoms with E-state index in [1.165, 1.54) is 15.1 Å². The number of nitrogens with zero attached hydrogens (tertiary/aromatic N) is 2. The molecule has 0 saturated carbocycles. The third-order valence-electron chi connectivity index (χ3n) is 5.53. The van der Waals surface area contributed by atoms with E-state index < -0.39 is 0 Å². The van der Waals surface area contributed by atoms with Crippen molar-refractivity contribution in [2.24, 2.45) is 0 Å². The molecule has 0 unspecified atom stereocenters. The summed E-state index contributed by atoms with van der Waals surface area (Å²) in [7, 11) is 0. The Labute approximate surface area is 186 Å². The summed E-state index contributed by atoms with van der Waals surface area (Å²) in [5, 5.41) is 8.51. The molecule has 0 fully saturated rings. The average molecular weight is 443 g/mol. The van der Waals surface area contributed by atoms with E-state index in [0.717, 1.165) is 53.6 Å². The SMILES string of the molecule is CCCNCCC(=O)Nc1sc2c(c1-c1nc3ccccc3s1)CCN(C(C)C)C2. The molecular weight excluding hydrogens is 412 g/mol. The van der Waals surface area contributed by atoms with Crippen LogP contribution in [-0.2, 0) is 17.8 Å². The number of thiophene rings is 1. The van der Waals surface area contributed by atoms with Gasteiger partial charge in [0.15, 0.2) is 0 Å². The number of hydrogen-bond acceptors (Lipinski definition) is 6. The van der Waals surface area contributed by atoms with E-state index in [-0.39, 0.29) is 5.91 Å². The van der Waals surface area contributed by atoms with Gasteiger partial charge in [-0.15, -0.1) is 22.7 Å². The first-order chi connectivity index (χ1) is 14.6. The van der Waals surface area contributed by atoms with Gasteiger partial charge in [0, 0.05) is 42.5 Å². The minimum Gasteiger partial charge on any atom is -0.317 e. The zero-order valence-electron chi connectivity index (χ0n) is 18.0. The van der Waals surface area contributed by atoms with Crippen molar-refractivity contribution >= 4 is 43.8 Å². The number of aromatic nitrogens is 1. The van der Waals surface area contributed by atoms with Crippen molar-refractivity contribution in [2.45, 2.75) is 52.6 Å². The molecule has 7 heteroatoms. The number of thiazole rings is 1. The fourth-order valence-electron chi connectivity index (χ4n) is 3.85. The van der Waals surface area contributed by atoms with Gasteiger partial charge >= 0.3 is 0 Å². The Hall–Kier alpha value is -1.80. The van der Waals surface area contributed by atoms with Crippen molar-refractivity contribution < 1.29 is 4.79 Å². The van der Waals surface area contributed by atoms with Crippen molar-refractivity contribution in [2.75, 3.05) is 25.0 Å². The minimum absolute atomic E-state index is 0.0697. The highest BCUT2D eigenvalue weighted by Crippen LogP contribution is 2.45. The van der Waals surface area contributed by atoms with Crippen molar-refractivity contribution in [1.82, 2.24) is 15.2 Å². The van der Waals surface area contributed by atoms with Gasteiger partial charge in [-0.2, -0.15) is 0 Å². The molecule has 0 radical (unpaired) electrons. The summed E-state index contributed by atoms with van der Waals surface area (Å²) in [6.07, 6.45) is 2.57. The summed E-state index contributed by atoms with van der Waals surface area (Å²) in [6, 6.07) is 8.79. The number of carbonyl (C=O) groups is 1. The van der Waals surface area contributed by atoms with Crippen LogP contribution in [0.5, 0.6) is 0 Å². The summed E-state index contributed by atoms with van der Waals surface area (Å²) in [6.45, 7) is 10.3. The number of amides is 1. The summed E-state index contributed by atoms with van der Waals surface area (Å²) in [4.78, 5) is 21.4. The topological polar surface area (TPSA) is 57.3 Å². The van der Waals surface area contributed by atoms with Gasteiger partial charge in [0.05, 0.1) is 10.2 Å². The van der Waals surface area contributed by atoms with Gasteiger partial charge in [-0.25, -0.2) is 4.98 Å². The van der Waals surface area contributed by atoms with E-state index >= 15 is 0 Å². The number of anilines is 1. The van der Waals surface area contributed by atoms with Gasteiger partial charge in [0.25, 0.3) is 0 Å². The highest BCUT2D eigenvalue weighted by molar-refractivity contribution is 7.22. The van der Waals surface area contributed by atoms with Crippen LogP contribution in [-0.4, -0.2) is 41.5 Å². The number of rotatable bonds is 8. The fourth-order valence-corrected chi connectivity index (χ4v) is 6.25. The van der Waals surface area contributed by atoms with Crippen molar-refractivity contribution in [3.8, 4) is 10.6 Å². The molecule has 2 N–H and O–H groups in total. The highest BCUT2D eigenvalue weighted by atomic mass is 32.1. The van der Waals surface area contributed by atoms with E-state index in [9.17, 15) is 4.79 Å². The molecule has 160 valence electrons. The van der Waals surface area contributed by atoms with E-state index in [1.807, 2.05) is 6.07 Å². The first kappa shape index (κ1) is 21.4. The Morgan fingerprint density at radius 2 is 2.07 bits per heavy atom. The molecule has 30 heavy (non-hydrogen) atoms. The van der Waals surface area contributed by atoms with E-state index in [4.69, 9.17) is 4.98 Å². The number of para-hydroxylation sites is 1. The molecule has 0 aliphatic carbocycles. The molecular formula is C23H30N4OS2. The lowest BCUT2D eigenvalue weighted by molar-refractivity contribution is -0.116. The fraction of sp³-hybridized carbons (Fsp3) is 0.478. The van der Waals surface area contributed by atoms with Crippen molar-refractivity contribution in [3.63, 3.8) is 0 Å². The molecule has 0 atom stereocenters. The lowest BCUT2D eigenvalue weighted by atomic mass is 10.0. The summed E-state index contributed by atoms with van der Waals surface area (Å²) >= 11 is 3.45. The van der Waals surface area contributed by atoms with Crippen LogP contribution in [0.2, 0.25) is 0 Å². The first-order valence-corrected chi connectivity index (χ1v) is 12.4. The predicted molar refractivity (Wildman–Crippen MR) is 129 cm³/mol. The highest BCUT2D eigenvalue weighted by Gasteiger charge is 2.28. The lowest BCUT2D eigenvalue weighted by Crippen LogP contribution is -2.35. The number of nitrogens with one attached hydrogen (secondary N) is 2. The van der Waals surface area contributed by atoms with Crippen LogP contribution >= 0.6 is 22.7 Å². The number of benzene rings is 1. The molecule has 3 aromatic rings. The third-order valence-corrected chi connectivity index (χ3v) is 7.72. The van der Waals surface area contributed by atoms with Gasteiger partial charge in [0.1, 0.15) is 10.0 Å². The largest absolute Gasteiger partial charge is 0.317 e. The molecule has 0 saturated heterocycles. The maximum Gasteiger partial charge on any atom is 0.226 e. The molecule has 4 rings (SSSR count). The number of carbonyl (C=O) groups excluding carboxylic acids is 1. The van der Waals surface area contributed by atoms with Crippen LogP contribution in [0.4, 0.5) is 5.00 Å². The monoisotopic (exact) mass is 442 g/mol. The standard InChI is InChI=1S/C23H30N4OS2/c1-4-11-24-12-9-20(28)26-23-21(22-25-17-7-5-6-8-18(17)29-22)16-10-13-27(15(2)3)14-19(16)30-23/h5-8,15,24H,4,9-14H2,1-3H3,(H,26,28). The lowest BCUT2D eigenvalue weighted by Gasteiger charge is -2.30. The maximum absolute atomic E-state index is 12.6. The average Bonchev–Trinajstić information content (AvgIpc) is 3.30. The van der Waals surface area contributed by atoms with Gasteiger partial charge in [-0.05, 0) is 50.9 Å². The van der Waals surface area contributed by atoms with Crippen LogP contribution in [0.25, 0.3) is 20.8 Å². The molecule has 1 aromatic carbocycles. The Kier molecular flexibility index (Phi) is 6.83. The van der Waals surface area contributed by atoms with E-state index in [0.29, 0.717) is 19.0 Å². The first-order valence-electron chi connectivity index (χ1n) is 10.8. The van der Waals surface area contributed by atoms with Crippen molar-refractivity contribution in [1.29, 1.82) is 0 Å². The maximum atomic E-state index is 12.6. The normalized spacial score (nSPS) is 14.4. The van der Waals surface area contributed by atoms with Gasteiger partial charge in [-0.3, -0.25) is 9.69 Å². The van der Waals surface area contributed by atoms with Gasteiger partial charge < -0.3 is 10.6 Å². The summed E-state index contributed by atoms with van der Waals surface area (Å²) in [5.41, 5.74) is 3.54. The molecule has 1 aliphatic rings. The smallest absolute Gasteiger partial charge is 0.226 e. The number of fused-ring (bicyclic) bond motifs is 2. The minimum atomic E-state index is 0.0697. The van der Waals surface area contributed by atoms with E-state index in [2.05, 4.69) is 54.5 Å². The Morgan fingerprint density at radius 1 is 1.23 bits per heavy atom. The summed E-state index contributed by atoms with van der Waals surface area (Å²) in [5.74, 6) is 0.0697. The second kappa shape index (κ2) is 9.56. The molecule has 1 aliphatic heterocycles. The zero-order chi connectivity index (χ0) is 21.1. The van der Waals surface area contributed by atoms with Crippen LogP contribution in [0.1, 0.15) is 44.1 Å². The van der Waals surface area contributed by atoms with Crippen LogP contribution in [0.3, 0.4) is 0 Å². The molecule has 0 spiro atoms. The Morgan fingerprint density at radius 3 is 2.83 bits per heavy atom. The van der Waals surface area contributed by atoms with Crippen LogP contribution < -0.4 is 10.6 Å². The van der Waals surface area contributed by atoms with Gasteiger partial charge in [-0.1, -0.05) is 19.1 Å². The molecule has 0 bridgehead atoms. The van der Waals surface area contributed by atoms with Crippen molar-refractivity contribution in [3.05, 3.63) is 34.7 Å². The molecule has 3 heterocycles. The summed E-state index contributed by atoms with van der Waals surface area (Å²) < 4.78 is 1.19. The second-order valence-corrected chi connectivity index (χ2v) is 10.2. The quantitative estimate of drug-likeness (QED) is 0.476. The number of hydrogen-bond donors (Lipinski definition) is 2. The Bertz CT molecular complexity index is 991. The predicted octanol–water partition coefficient (Wildman–Crippen LogP) is 5.12. The zero-order valence-corrected chi connectivity index (χ0v) is 19.6. The second-order valence-electron chi connectivity index (χ2n) is 8.06. The molecule has 2 aromatic heterocycles.